The molecular weight excluding hydrogens is 397 g/mol. The van der Waals surface area contributed by atoms with Crippen molar-refractivity contribution in [2.24, 2.45) is 23.7 Å². The molecule has 3 rings (SSSR count). The van der Waals surface area contributed by atoms with Gasteiger partial charge in [-0.15, -0.1) is 0 Å². The summed E-state index contributed by atoms with van der Waals surface area (Å²) >= 11 is 0. The normalized spacial score (nSPS) is 27.3. The largest absolute Gasteiger partial charge is 0.459 e. The van der Waals surface area contributed by atoms with Gasteiger partial charge in [-0.2, -0.15) is 0 Å². The van der Waals surface area contributed by atoms with Crippen LogP contribution in [0, 0.1) is 23.7 Å². The molecule has 1 N–H and O–H groups in total. The maximum Gasteiger partial charge on any atom is 0.408 e. The number of carbonyl (C=O) groups is 2. The van der Waals surface area contributed by atoms with Gasteiger partial charge in [-0.3, -0.25) is 0 Å². The van der Waals surface area contributed by atoms with Crippen LogP contribution in [0.4, 0.5) is 9.18 Å². The fraction of sp³-hybridized carbons (Fsp3) is 0.680. The maximum atomic E-state index is 15.7. The van der Waals surface area contributed by atoms with Gasteiger partial charge in [0.15, 0.2) is 0 Å². The lowest BCUT2D eigenvalue weighted by atomic mass is 9.69. The Hall–Kier alpha value is -2.11. The molecule has 2 aliphatic rings. The van der Waals surface area contributed by atoms with Crippen LogP contribution in [0.1, 0.15) is 65.4 Å². The van der Waals surface area contributed by atoms with E-state index in [-0.39, 0.29) is 18.4 Å². The topological polar surface area (TPSA) is 64.6 Å². The molecule has 172 valence electrons. The van der Waals surface area contributed by atoms with E-state index in [9.17, 15) is 9.59 Å². The van der Waals surface area contributed by atoms with E-state index in [2.05, 4.69) is 12.2 Å². The summed E-state index contributed by atoms with van der Waals surface area (Å²) in [4.78, 5) is 25.5. The van der Waals surface area contributed by atoms with Gasteiger partial charge in [0.2, 0.25) is 0 Å². The Kier molecular flexibility index (Phi) is 7.60. The third-order valence-corrected chi connectivity index (χ3v) is 6.38. The van der Waals surface area contributed by atoms with E-state index in [1.165, 1.54) is 12.8 Å². The van der Waals surface area contributed by atoms with Gasteiger partial charge in [0, 0.05) is 5.92 Å². The zero-order chi connectivity index (χ0) is 22.6. The van der Waals surface area contributed by atoms with Crippen molar-refractivity contribution >= 4 is 12.1 Å². The van der Waals surface area contributed by atoms with E-state index >= 15 is 4.39 Å². The van der Waals surface area contributed by atoms with Crippen molar-refractivity contribution in [3.05, 3.63) is 35.9 Å². The van der Waals surface area contributed by atoms with Gasteiger partial charge in [0.1, 0.15) is 24.4 Å². The number of benzene rings is 1. The molecule has 31 heavy (non-hydrogen) atoms. The average Bonchev–Trinajstić information content (AvgIpc) is 3.52. The molecule has 0 spiro atoms. The summed E-state index contributed by atoms with van der Waals surface area (Å²) in [6.07, 6.45) is 2.67. The van der Waals surface area contributed by atoms with E-state index in [1.807, 2.05) is 30.3 Å². The third-order valence-electron chi connectivity index (χ3n) is 6.38. The van der Waals surface area contributed by atoms with Crippen LogP contribution >= 0.6 is 0 Å². The SMILES string of the molecule is CC1CC[C@@H]([C@H](NC(=O)OC(C)(C)C)C(=O)OCc2ccccc2)[C@H](F)[C@@H]1CC1CC1. The highest BCUT2D eigenvalue weighted by atomic mass is 19.1. The number of ether oxygens (including phenoxy) is 2. The Morgan fingerprint density at radius 3 is 2.42 bits per heavy atom. The number of amides is 1. The second-order valence-corrected chi connectivity index (χ2v) is 10.2. The fourth-order valence-electron chi connectivity index (χ4n) is 4.51. The standard InChI is InChI=1S/C25H36FNO4/c1-16-10-13-19(21(26)20(16)14-17-11-12-17)22(27-24(29)31-25(2,3)4)23(28)30-15-18-8-6-5-7-9-18/h5-9,16-17,19-22H,10-15H2,1-4H3,(H,27,29)/t16?,19-,20-,21+,22+/m1/s1. The van der Waals surface area contributed by atoms with Crippen LogP contribution in [-0.2, 0) is 20.9 Å². The highest BCUT2D eigenvalue weighted by Gasteiger charge is 2.46. The van der Waals surface area contributed by atoms with Gasteiger partial charge >= 0.3 is 12.1 Å². The second kappa shape index (κ2) is 10.0. The van der Waals surface area contributed by atoms with Gasteiger partial charge in [0.05, 0.1) is 0 Å². The predicted octanol–water partition coefficient (Wildman–Crippen LogP) is 5.42. The smallest absolute Gasteiger partial charge is 0.408 e. The number of halogens is 1. The van der Waals surface area contributed by atoms with Gasteiger partial charge in [-0.1, -0.05) is 50.1 Å². The molecule has 2 aliphatic carbocycles. The van der Waals surface area contributed by atoms with Crippen molar-refractivity contribution in [1.29, 1.82) is 0 Å². The molecule has 5 nitrogen and oxygen atoms in total. The number of rotatable bonds is 7. The maximum absolute atomic E-state index is 15.7. The molecule has 1 unspecified atom stereocenters. The van der Waals surface area contributed by atoms with Crippen molar-refractivity contribution in [3.63, 3.8) is 0 Å². The molecule has 2 fully saturated rings. The van der Waals surface area contributed by atoms with Crippen molar-refractivity contribution in [2.75, 3.05) is 0 Å². The second-order valence-electron chi connectivity index (χ2n) is 10.2. The Bertz CT molecular complexity index is 744. The molecule has 0 radical (unpaired) electrons. The number of hydrogen-bond donors (Lipinski definition) is 1. The number of nitrogens with one attached hydrogen (secondary N) is 1. The van der Waals surface area contributed by atoms with Crippen LogP contribution in [0.3, 0.4) is 0 Å². The van der Waals surface area contributed by atoms with E-state index in [0.717, 1.165) is 18.4 Å². The van der Waals surface area contributed by atoms with Gasteiger partial charge in [-0.05, 0) is 63.4 Å². The minimum Gasteiger partial charge on any atom is -0.459 e. The molecule has 1 aromatic carbocycles. The summed E-state index contributed by atoms with van der Waals surface area (Å²) in [5, 5.41) is 2.64. The molecule has 0 aromatic heterocycles. The first-order chi connectivity index (χ1) is 14.6. The Labute approximate surface area is 185 Å². The lowest BCUT2D eigenvalue weighted by molar-refractivity contribution is -0.151. The zero-order valence-corrected chi connectivity index (χ0v) is 19.1. The molecule has 5 atom stereocenters. The van der Waals surface area contributed by atoms with Crippen molar-refractivity contribution < 1.29 is 23.5 Å². The molecule has 1 amide bonds. The molecule has 1 aromatic rings. The molecule has 0 bridgehead atoms. The van der Waals surface area contributed by atoms with Crippen LogP contribution < -0.4 is 5.32 Å². The van der Waals surface area contributed by atoms with E-state index in [4.69, 9.17) is 9.47 Å². The molecule has 0 heterocycles. The number of carbonyl (C=O) groups excluding carboxylic acids is 2. The lowest BCUT2D eigenvalue weighted by Gasteiger charge is -2.40. The first kappa shape index (κ1) is 23.6. The van der Waals surface area contributed by atoms with Crippen LogP contribution in [0.25, 0.3) is 0 Å². The Morgan fingerprint density at radius 1 is 1.13 bits per heavy atom. The minimum absolute atomic E-state index is 0.0811. The van der Waals surface area contributed by atoms with Crippen LogP contribution in [0.2, 0.25) is 0 Å². The number of alkyl halides is 1. The number of esters is 1. The quantitative estimate of drug-likeness (QED) is 0.583. The van der Waals surface area contributed by atoms with E-state index in [1.54, 1.807) is 20.8 Å². The third kappa shape index (κ3) is 6.94. The number of alkyl carbamates (subject to hydrolysis) is 1. The van der Waals surface area contributed by atoms with Crippen molar-refractivity contribution in [2.45, 2.75) is 84.2 Å². The first-order valence-corrected chi connectivity index (χ1v) is 11.5. The summed E-state index contributed by atoms with van der Waals surface area (Å²) in [5.41, 5.74) is 0.125. The van der Waals surface area contributed by atoms with Crippen molar-refractivity contribution in [1.82, 2.24) is 5.32 Å². The molecular formula is C25H36FNO4. The molecule has 0 saturated heterocycles. The lowest BCUT2D eigenvalue weighted by Crippen LogP contribution is -2.53. The summed E-state index contributed by atoms with van der Waals surface area (Å²) < 4.78 is 26.6. The van der Waals surface area contributed by atoms with Gasteiger partial charge in [0.25, 0.3) is 0 Å². The van der Waals surface area contributed by atoms with Crippen molar-refractivity contribution in [3.8, 4) is 0 Å². The van der Waals surface area contributed by atoms with Crippen LogP contribution in [0.15, 0.2) is 30.3 Å². The fourth-order valence-corrected chi connectivity index (χ4v) is 4.51. The molecule has 6 heteroatoms. The average molecular weight is 434 g/mol. The van der Waals surface area contributed by atoms with Crippen LogP contribution in [0.5, 0.6) is 0 Å². The summed E-state index contributed by atoms with van der Waals surface area (Å²) in [7, 11) is 0. The minimum atomic E-state index is -1.16. The first-order valence-electron chi connectivity index (χ1n) is 11.5. The van der Waals surface area contributed by atoms with E-state index < -0.39 is 35.8 Å². The highest BCUT2D eigenvalue weighted by molar-refractivity contribution is 5.82. The zero-order valence-electron chi connectivity index (χ0n) is 19.1. The monoisotopic (exact) mass is 433 g/mol. The summed E-state index contributed by atoms with van der Waals surface area (Å²) in [6.45, 7) is 7.43. The molecule has 2 saturated carbocycles. The summed E-state index contributed by atoms with van der Waals surface area (Å²) in [5.74, 6) is -0.435. The number of hydrogen-bond acceptors (Lipinski definition) is 4. The predicted molar refractivity (Wildman–Crippen MR) is 117 cm³/mol. The van der Waals surface area contributed by atoms with Gasteiger partial charge in [-0.25, -0.2) is 14.0 Å². The summed E-state index contributed by atoms with van der Waals surface area (Å²) in [6, 6.07) is 8.26. The Morgan fingerprint density at radius 2 is 1.81 bits per heavy atom. The van der Waals surface area contributed by atoms with Crippen LogP contribution in [-0.4, -0.2) is 29.9 Å². The molecule has 0 aliphatic heterocycles. The van der Waals surface area contributed by atoms with E-state index in [0.29, 0.717) is 12.3 Å². The highest BCUT2D eigenvalue weighted by Crippen LogP contribution is 2.45. The van der Waals surface area contributed by atoms with Gasteiger partial charge < -0.3 is 14.8 Å². The Balaban J connectivity index is 1.73.